The molecule has 3 aromatic carbocycles. The van der Waals surface area contributed by atoms with Crippen molar-refractivity contribution in [3.05, 3.63) is 59.7 Å². The van der Waals surface area contributed by atoms with Crippen molar-refractivity contribution in [2.45, 2.75) is 26.2 Å². The Morgan fingerprint density at radius 1 is 1.00 bits per heavy atom. The summed E-state index contributed by atoms with van der Waals surface area (Å²) in [5, 5.41) is 3.84. The second-order valence-corrected chi connectivity index (χ2v) is 11.3. The van der Waals surface area contributed by atoms with Crippen molar-refractivity contribution in [1.29, 1.82) is 0 Å². The Hall–Kier alpha value is -3.30. The van der Waals surface area contributed by atoms with Gasteiger partial charge in [0, 0.05) is 10.9 Å². The van der Waals surface area contributed by atoms with E-state index in [-0.39, 0.29) is 22.7 Å². The number of nitrogens with one attached hydrogen (secondary N) is 2. The predicted molar refractivity (Wildman–Crippen MR) is 143 cm³/mol. The number of hydrogen-bond donors (Lipinski definition) is 2. The number of alkyl halides is 1. The van der Waals surface area contributed by atoms with Crippen LogP contribution in [0.4, 0.5) is 11.4 Å². The number of methoxy groups -OCH3 is 1. The Morgan fingerprint density at radius 2 is 1.64 bits per heavy atom. The van der Waals surface area contributed by atoms with Crippen molar-refractivity contribution >= 4 is 55.5 Å². The molecular formula is C26H29ClN2O6S. The standard InChI is InChI=1S/C26H29ClN2O6S/c1-26(2,3)16-14-20(24(34-4)21(15-16)29-36(5,32)33)28-25(31)23(30)19-10-11-22(35-13-12-27)18-9-7-6-8-17(18)19/h6-11,14-15,29H,12-13H2,1-5H3,(H,28,31). The van der Waals surface area contributed by atoms with Gasteiger partial charge in [0.05, 0.1) is 30.6 Å². The van der Waals surface area contributed by atoms with Gasteiger partial charge in [0.1, 0.15) is 12.4 Å². The molecule has 0 bridgehead atoms. The second kappa shape index (κ2) is 10.8. The number of ether oxygens (including phenoxy) is 2. The number of fused-ring (bicyclic) bond motifs is 1. The first kappa shape index (κ1) is 27.3. The summed E-state index contributed by atoms with van der Waals surface area (Å²) in [5.74, 6) is -0.716. The number of hydrogen-bond acceptors (Lipinski definition) is 6. The van der Waals surface area contributed by atoms with Crippen LogP contribution in [0.2, 0.25) is 0 Å². The number of anilines is 2. The molecule has 0 spiro atoms. The first-order valence-corrected chi connectivity index (χ1v) is 13.5. The van der Waals surface area contributed by atoms with E-state index in [9.17, 15) is 18.0 Å². The number of sulfonamides is 1. The summed E-state index contributed by atoms with van der Waals surface area (Å²) >= 11 is 5.73. The summed E-state index contributed by atoms with van der Waals surface area (Å²) in [5.41, 5.74) is 0.853. The Labute approximate surface area is 216 Å². The van der Waals surface area contributed by atoms with Crippen molar-refractivity contribution in [2.75, 3.05) is 35.9 Å². The highest BCUT2D eigenvalue weighted by Crippen LogP contribution is 2.39. The molecule has 2 N–H and O–H groups in total. The molecule has 0 aliphatic carbocycles. The van der Waals surface area contributed by atoms with E-state index in [0.717, 1.165) is 11.8 Å². The quantitative estimate of drug-likeness (QED) is 0.229. The Bertz CT molecular complexity index is 1410. The zero-order valence-electron chi connectivity index (χ0n) is 20.8. The second-order valence-electron chi connectivity index (χ2n) is 9.21. The Kier molecular flexibility index (Phi) is 8.15. The van der Waals surface area contributed by atoms with Crippen LogP contribution in [0.25, 0.3) is 10.8 Å². The zero-order chi connectivity index (χ0) is 26.7. The molecule has 0 radical (unpaired) electrons. The molecule has 0 atom stereocenters. The van der Waals surface area contributed by atoms with Crippen LogP contribution in [0.15, 0.2) is 48.5 Å². The molecule has 0 fully saturated rings. The van der Waals surface area contributed by atoms with E-state index in [4.69, 9.17) is 21.1 Å². The van der Waals surface area contributed by atoms with Crippen LogP contribution in [-0.4, -0.2) is 46.0 Å². The first-order chi connectivity index (χ1) is 16.9. The van der Waals surface area contributed by atoms with Crippen molar-refractivity contribution < 1.29 is 27.5 Å². The molecule has 1 amide bonds. The van der Waals surface area contributed by atoms with E-state index in [1.807, 2.05) is 26.8 Å². The molecule has 3 aromatic rings. The van der Waals surface area contributed by atoms with Gasteiger partial charge in [-0.2, -0.15) is 0 Å². The highest BCUT2D eigenvalue weighted by Gasteiger charge is 2.25. The van der Waals surface area contributed by atoms with Gasteiger partial charge >= 0.3 is 0 Å². The van der Waals surface area contributed by atoms with Gasteiger partial charge in [-0.3, -0.25) is 14.3 Å². The average Bonchev–Trinajstić information content (AvgIpc) is 2.80. The van der Waals surface area contributed by atoms with E-state index in [0.29, 0.717) is 29.0 Å². The molecule has 3 rings (SSSR count). The molecule has 0 heterocycles. The van der Waals surface area contributed by atoms with E-state index < -0.39 is 27.1 Å². The van der Waals surface area contributed by atoms with Gasteiger partial charge in [-0.05, 0) is 40.6 Å². The maximum absolute atomic E-state index is 13.3. The lowest BCUT2D eigenvalue weighted by Crippen LogP contribution is -2.24. The van der Waals surface area contributed by atoms with Crippen LogP contribution in [0.1, 0.15) is 36.7 Å². The summed E-state index contributed by atoms with van der Waals surface area (Å²) in [6.07, 6.45) is 1.02. The predicted octanol–water partition coefficient (Wildman–Crippen LogP) is 4.96. The minimum Gasteiger partial charge on any atom is -0.492 e. The van der Waals surface area contributed by atoms with Crippen LogP contribution in [-0.2, 0) is 20.2 Å². The lowest BCUT2D eigenvalue weighted by atomic mass is 9.86. The maximum Gasteiger partial charge on any atom is 0.296 e. The van der Waals surface area contributed by atoms with Crippen molar-refractivity contribution in [3.8, 4) is 11.5 Å². The number of ketones is 1. The van der Waals surface area contributed by atoms with E-state index in [2.05, 4.69) is 10.0 Å². The number of amides is 1. The Morgan fingerprint density at radius 3 is 2.22 bits per heavy atom. The van der Waals surface area contributed by atoms with Crippen LogP contribution in [0.3, 0.4) is 0 Å². The fourth-order valence-electron chi connectivity index (χ4n) is 3.70. The third kappa shape index (κ3) is 6.27. The lowest BCUT2D eigenvalue weighted by molar-refractivity contribution is -0.112. The topological polar surface area (TPSA) is 111 Å². The maximum atomic E-state index is 13.3. The van der Waals surface area contributed by atoms with Gasteiger partial charge in [-0.15, -0.1) is 11.6 Å². The third-order valence-electron chi connectivity index (χ3n) is 5.37. The number of Topliss-reactive ketones (excluding diaryl/α,β-unsaturated/α-hetero) is 1. The SMILES string of the molecule is COc1c(NC(=O)C(=O)c2ccc(OCCCl)c3ccccc23)cc(C(C)(C)C)cc1NS(C)(=O)=O. The third-order valence-corrected chi connectivity index (χ3v) is 6.12. The molecule has 0 aliphatic rings. The van der Waals surface area contributed by atoms with Crippen LogP contribution < -0.4 is 19.5 Å². The highest BCUT2D eigenvalue weighted by atomic mass is 35.5. The minimum absolute atomic E-state index is 0.0873. The van der Waals surface area contributed by atoms with Crippen molar-refractivity contribution in [3.63, 3.8) is 0 Å². The zero-order valence-corrected chi connectivity index (χ0v) is 22.3. The normalized spacial score (nSPS) is 11.7. The van der Waals surface area contributed by atoms with Crippen LogP contribution in [0.5, 0.6) is 11.5 Å². The van der Waals surface area contributed by atoms with E-state index >= 15 is 0 Å². The molecule has 0 aliphatic heterocycles. The molecule has 36 heavy (non-hydrogen) atoms. The summed E-state index contributed by atoms with van der Waals surface area (Å²) in [6.45, 7) is 6.12. The molecule has 8 nitrogen and oxygen atoms in total. The largest absolute Gasteiger partial charge is 0.492 e. The summed E-state index contributed by atoms with van der Waals surface area (Å²) in [7, 11) is -2.29. The number of carbonyl (C=O) groups excluding carboxylic acids is 2. The smallest absolute Gasteiger partial charge is 0.296 e. The van der Waals surface area contributed by atoms with Crippen LogP contribution >= 0.6 is 11.6 Å². The van der Waals surface area contributed by atoms with Gasteiger partial charge < -0.3 is 14.8 Å². The minimum atomic E-state index is -3.64. The van der Waals surface area contributed by atoms with Gasteiger partial charge in [0.25, 0.3) is 11.7 Å². The number of carbonyl (C=O) groups is 2. The molecule has 0 saturated carbocycles. The molecule has 10 heteroatoms. The van der Waals surface area contributed by atoms with Gasteiger partial charge in [0.2, 0.25) is 10.0 Å². The highest BCUT2D eigenvalue weighted by molar-refractivity contribution is 7.92. The number of halogens is 1. The number of benzene rings is 3. The van der Waals surface area contributed by atoms with E-state index in [1.54, 1.807) is 36.4 Å². The molecule has 0 aromatic heterocycles. The first-order valence-electron chi connectivity index (χ1n) is 11.1. The average molecular weight is 533 g/mol. The van der Waals surface area contributed by atoms with Crippen molar-refractivity contribution in [2.24, 2.45) is 0 Å². The Balaban J connectivity index is 2.04. The molecular weight excluding hydrogens is 504 g/mol. The van der Waals surface area contributed by atoms with Gasteiger partial charge in [0.15, 0.2) is 5.75 Å². The van der Waals surface area contributed by atoms with Gasteiger partial charge in [-0.25, -0.2) is 8.42 Å². The molecule has 0 saturated heterocycles. The monoisotopic (exact) mass is 532 g/mol. The summed E-state index contributed by atoms with van der Waals surface area (Å²) in [6, 6.07) is 13.6. The van der Waals surface area contributed by atoms with Crippen molar-refractivity contribution in [1.82, 2.24) is 0 Å². The number of rotatable bonds is 9. The fraction of sp³-hybridized carbons (Fsp3) is 0.308. The molecule has 192 valence electrons. The van der Waals surface area contributed by atoms with E-state index in [1.165, 1.54) is 13.2 Å². The summed E-state index contributed by atoms with van der Waals surface area (Å²) < 4.78 is 37.4. The fourth-order valence-corrected chi connectivity index (χ4v) is 4.32. The summed E-state index contributed by atoms with van der Waals surface area (Å²) in [4.78, 5) is 26.4. The lowest BCUT2D eigenvalue weighted by Gasteiger charge is -2.23. The molecule has 0 unspecified atom stereocenters. The van der Waals surface area contributed by atoms with Gasteiger partial charge in [-0.1, -0.05) is 45.0 Å². The van der Waals surface area contributed by atoms with Crippen LogP contribution in [0, 0.1) is 0 Å².